The van der Waals surface area contributed by atoms with Crippen LogP contribution in [0, 0.1) is 0 Å². The Bertz CT molecular complexity index is 227. The fourth-order valence-corrected chi connectivity index (χ4v) is 3.97. The molecule has 3 nitrogen and oxygen atoms in total. The molecule has 2 atom stereocenters. The summed E-state index contributed by atoms with van der Waals surface area (Å²) in [6.45, 7) is 2.98. The fourth-order valence-electron chi connectivity index (χ4n) is 2.59. The number of nitrogens with one attached hydrogen (secondary N) is 1. The predicted molar refractivity (Wildman–Crippen MR) is 61.4 cm³/mol. The van der Waals surface area contributed by atoms with E-state index in [1.54, 1.807) is 0 Å². The van der Waals surface area contributed by atoms with Crippen molar-refractivity contribution in [2.45, 2.75) is 37.1 Å². The first kappa shape index (κ1) is 10.4. The molecule has 0 aromatic heterocycles. The van der Waals surface area contributed by atoms with Gasteiger partial charge in [0, 0.05) is 31.9 Å². The zero-order valence-corrected chi connectivity index (χ0v) is 9.85. The third-order valence-electron chi connectivity index (χ3n) is 3.64. The van der Waals surface area contributed by atoms with Crippen molar-refractivity contribution in [1.29, 1.82) is 0 Å². The Morgan fingerprint density at radius 1 is 1.33 bits per heavy atom. The van der Waals surface area contributed by atoms with Crippen LogP contribution in [-0.2, 0) is 9.47 Å². The maximum Gasteiger partial charge on any atom is 0.0827 e. The summed E-state index contributed by atoms with van der Waals surface area (Å²) in [5.41, 5.74) is 0.171. The van der Waals surface area contributed by atoms with E-state index in [0.717, 1.165) is 32.5 Å². The quantitative estimate of drug-likeness (QED) is 0.766. The van der Waals surface area contributed by atoms with E-state index in [1.165, 1.54) is 17.9 Å². The molecule has 3 aliphatic heterocycles. The van der Waals surface area contributed by atoms with Gasteiger partial charge in [-0.2, -0.15) is 11.8 Å². The Kier molecular flexibility index (Phi) is 2.94. The summed E-state index contributed by atoms with van der Waals surface area (Å²) in [7, 11) is 0. The molecule has 86 valence electrons. The van der Waals surface area contributed by atoms with Gasteiger partial charge >= 0.3 is 0 Å². The fraction of sp³-hybridized carbons (Fsp3) is 1.00. The van der Waals surface area contributed by atoms with E-state index < -0.39 is 0 Å². The minimum absolute atomic E-state index is 0.171. The third kappa shape index (κ3) is 2.18. The molecular formula is C11H19NO2S. The summed E-state index contributed by atoms with van der Waals surface area (Å²) in [5, 5.41) is 3.25. The molecule has 2 unspecified atom stereocenters. The van der Waals surface area contributed by atoms with Gasteiger partial charge in [0.25, 0.3) is 0 Å². The van der Waals surface area contributed by atoms with Crippen LogP contribution in [0.15, 0.2) is 0 Å². The molecule has 3 saturated heterocycles. The zero-order chi connectivity index (χ0) is 10.1. The van der Waals surface area contributed by atoms with Gasteiger partial charge in [-0.3, -0.25) is 0 Å². The lowest BCUT2D eigenvalue weighted by Gasteiger charge is -2.40. The van der Waals surface area contributed by atoms with Crippen LogP contribution in [0.1, 0.15) is 19.3 Å². The van der Waals surface area contributed by atoms with Crippen LogP contribution in [-0.4, -0.2) is 49.0 Å². The van der Waals surface area contributed by atoms with Crippen molar-refractivity contribution in [3.05, 3.63) is 0 Å². The smallest absolute Gasteiger partial charge is 0.0827 e. The van der Waals surface area contributed by atoms with Crippen molar-refractivity contribution in [3.8, 4) is 0 Å². The summed E-state index contributed by atoms with van der Waals surface area (Å²) in [6.07, 6.45) is 4.35. The minimum Gasteiger partial charge on any atom is -0.374 e. The van der Waals surface area contributed by atoms with Crippen molar-refractivity contribution in [2.75, 3.05) is 31.2 Å². The first-order valence-corrected chi connectivity index (χ1v) is 7.10. The van der Waals surface area contributed by atoms with E-state index in [4.69, 9.17) is 9.47 Å². The Hall–Kier alpha value is 0.230. The largest absolute Gasteiger partial charge is 0.374 e. The van der Waals surface area contributed by atoms with Crippen molar-refractivity contribution < 1.29 is 9.47 Å². The summed E-state index contributed by atoms with van der Waals surface area (Å²) in [4.78, 5) is 0. The first-order valence-electron chi connectivity index (χ1n) is 5.94. The standard InChI is InChI=1S/C11H19NO2S/c1-3-13-11(2-4-15-8-11)5-9(1)14-10-6-12-7-10/h9-10,12H,1-8H2. The lowest BCUT2D eigenvalue weighted by molar-refractivity contribution is -0.143. The van der Waals surface area contributed by atoms with Gasteiger partial charge in [-0.1, -0.05) is 0 Å². The molecule has 0 amide bonds. The molecule has 0 aliphatic carbocycles. The Morgan fingerprint density at radius 3 is 2.93 bits per heavy atom. The number of thioether (sulfide) groups is 1. The van der Waals surface area contributed by atoms with Gasteiger partial charge in [-0.05, 0) is 18.6 Å². The van der Waals surface area contributed by atoms with Gasteiger partial charge < -0.3 is 14.8 Å². The Labute approximate surface area is 95.3 Å². The van der Waals surface area contributed by atoms with E-state index in [9.17, 15) is 0 Å². The Balaban J connectivity index is 1.55. The summed E-state index contributed by atoms with van der Waals surface area (Å²) < 4.78 is 12.0. The Morgan fingerprint density at radius 2 is 2.27 bits per heavy atom. The first-order chi connectivity index (χ1) is 7.36. The summed E-state index contributed by atoms with van der Waals surface area (Å²) in [6, 6.07) is 0. The highest BCUT2D eigenvalue weighted by molar-refractivity contribution is 7.99. The molecule has 0 aromatic rings. The van der Waals surface area contributed by atoms with Crippen LogP contribution in [0.4, 0.5) is 0 Å². The second kappa shape index (κ2) is 4.24. The van der Waals surface area contributed by atoms with Gasteiger partial charge in [0.1, 0.15) is 0 Å². The molecule has 15 heavy (non-hydrogen) atoms. The molecule has 0 radical (unpaired) electrons. The van der Waals surface area contributed by atoms with Crippen LogP contribution in [0.3, 0.4) is 0 Å². The molecule has 3 fully saturated rings. The van der Waals surface area contributed by atoms with Crippen molar-refractivity contribution in [2.24, 2.45) is 0 Å². The average Bonchev–Trinajstić information content (AvgIpc) is 2.60. The average molecular weight is 229 g/mol. The van der Waals surface area contributed by atoms with E-state index in [0.29, 0.717) is 12.2 Å². The second-order valence-corrected chi connectivity index (χ2v) is 5.97. The predicted octanol–water partition coefficient (Wildman–Crippen LogP) is 1.03. The van der Waals surface area contributed by atoms with E-state index in [2.05, 4.69) is 5.32 Å². The van der Waals surface area contributed by atoms with Crippen molar-refractivity contribution >= 4 is 11.8 Å². The molecule has 0 saturated carbocycles. The molecule has 4 heteroatoms. The van der Waals surface area contributed by atoms with Crippen LogP contribution in [0.2, 0.25) is 0 Å². The van der Waals surface area contributed by atoms with Gasteiger partial charge in [0.2, 0.25) is 0 Å². The maximum atomic E-state index is 6.06. The van der Waals surface area contributed by atoms with Crippen LogP contribution >= 0.6 is 11.8 Å². The molecule has 1 spiro atoms. The molecule has 0 aromatic carbocycles. The van der Waals surface area contributed by atoms with Gasteiger partial charge in [-0.15, -0.1) is 0 Å². The van der Waals surface area contributed by atoms with Gasteiger partial charge in [0.15, 0.2) is 0 Å². The second-order valence-electron chi connectivity index (χ2n) is 4.87. The molecule has 3 heterocycles. The highest BCUT2D eigenvalue weighted by Crippen LogP contribution is 2.39. The van der Waals surface area contributed by atoms with Gasteiger partial charge in [-0.25, -0.2) is 0 Å². The lowest BCUT2D eigenvalue weighted by Crippen LogP contribution is -2.52. The SMILES string of the molecule is C1CC(OC2CNC2)CC2(CCSC2)O1. The minimum atomic E-state index is 0.171. The molecular weight excluding hydrogens is 210 g/mol. The number of hydrogen-bond donors (Lipinski definition) is 1. The highest BCUT2D eigenvalue weighted by atomic mass is 32.2. The number of hydrogen-bond acceptors (Lipinski definition) is 4. The van der Waals surface area contributed by atoms with Crippen LogP contribution in [0.25, 0.3) is 0 Å². The zero-order valence-electron chi connectivity index (χ0n) is 9.04. The van der Waals surface area contributed by atoms with E-state index in [1.807, 2.05) is 11.8 Å². The number of ether oxygens (including phenoxy) is 2. The van der Waals surface area contributed by atoms with Crippen molar-refractivity contribution in [3.63, 3.8) is 0 Å². The molecule has 1 N–H and O–H groups in total. The lowest BCUT2D eigenvalue weighted by atomic mass is 9.91. The normalized spacial score (nSPS) is 42.0. The van der Waals surface area contributed by atoms with E-state index in [-0.39, 0.29) is 5.60 Å². The summed E-state index contributed by atoms with van der Waals surface area (Å²) in [5.74, 6) is 2.44. The van der Waals surface area contributed by atoms with Crippen molar-refractivity contribution in [1.82, 2.24) is 5.32 Å². The summed E-state index contributed by atoms with van der Waals surface area (Å²) >= 11 is 2.03. The highest BCUT2D eigenvalue weighted by Gasteiger charge is 2.41. The van der Waals surface area contributed by atoms with E-state index >= 15 is 0 Å². The van der Waals surface area contributed by atoms with Crippen LogP contribution in [0.5, 0.6) is 0 Å². The topological polar surface area (TPSA) is 30.5 Å². The van der Waals surface area contributed by atoms with Crippen LogP contribution < -0.4 is 5.32 Å². The monoisotopic (exact) mass is 229 g/mol. The molecule has 3 rings (SSSR count). The van der Waals surface area contributed by atoms with Gasteiger partial charge in [0.05, 0.1) is 17.8 Å². The molecule has 3 aliphatic rings. The third-order valence-corrected chi connectivity index (χ3v) is 4.87. The number of rotatable bonds is 2. The maximum absolute atomic E-state index is 6.06. The molecule has 0 bridgehead atoms.